The Morgan fingerprint density at radius 2 is 1.92 bits per heavy atom. The third-order valence-electron chi connectivity index (χ3n) is 4.43. The SMILES string of the molecule is Cc1cc(C)n(-c2nc3c(c(=O)n2CC(=O)NC(C)(C)C)CCCC3)n1. The van der Waals surface area contributed by atoms with Gasteiger partial charge in [-0.15, -0.1) is 0 Å². The fourth-order valence-electron chi connectivity index (χ4n) is 3.41. The summed E-state index contributed by atoms with van der Waals surface area (Å²) in [6, 6.07) is 1.94. The van der Waals surface area contributed by atoms with Gasteiger partial charge < -0.3 is 5.32 Å². The Labute approximate surface area is 153 Å². The van der Waals surface area contributed by atoms with Crippen LogP contribution in [0.2, 0.25) is 0 Å². The second-order valence-electron chi connectivity index (χ2n) is 8.07. The summed E-state index contributed by atoms with van der Waals surface area (Å²) in [6.45, 7) is 9.51. The molecule has 3 rings (SSSR count). The monoisotopic (exact) mass is 357 g/mol. The van der Waals surface area contributed by atoms with Crippen LogP contribution in [0.15, 0.2) is 10.9 Å². The molecule has 7 nitrogen and oxygen atoms in total. The number of aryl methyl sites for hydroxylation is 3. The molecule has 1 N–H and O–H groups in total. The van der Waals surface area contributed by atoms with Gasteiger partial charge in [-0.3, -0.25) is 14.2 Å². The van der Waals surface area contributed by atoms with E-state index in [0.29, 0.717) is 5.95 Å². The van der Waals surface area contributed by atoms with Gasteiger partial charge in [-0.25, -0.2) is 9.67 Å². The van der Waals surface area contributed by atoms with E-state index in [-0.39, 0.29) is 23.6 Å². The first-order chi connectivity index (χ1) is 12.2. The van der Waals surface area contributed by atoms with Gasteiger partial charge in [-0.1, -0.05) is 0 Å². The quantitative estimate of drug-likeness (QED) is 0.909. The van der Waals surface area contributed by atoms with Gasteiger partial charge >= 0.3 is 0 Å². The highest BCUT2D eigenvalue weighted by Gasteiger charge is 2.23. The first kappa shape index (κ1) is 18.4. The lowest BCUT2D eigenvalue weighted by atomic mass is 9.97. The number of nitrogens with zero attached hydrogens (tertiary/aromatic N) is 4. The Morgan fingerprint density at radius 1 is 1.23 bits per heavy atom. The molecule has 0 unspecified atom stereocenters. The average Bonchev–Trinajstić information content (AvgIpc) is 2.86. The van der Waals surface area contributed by atoms with Gasteiger partial charge in [0.1, 0.15) is 6.54 Å². The molecule has 0 spiro atoms. The molecule has 2 aromatic heterocycles. The molecule has 1 amide bonds. The van der Waals surface area contributed by atoms with Gasteiger partial charge in [0.05, 0.1) is 11.4 Å². The molecule has 0 bridgehead atoms. The number of carbonyl (C=O) groups excluding carboxylic acids is 1. The fourth-order valence-corrected chi connectivity index (χ4v) is 3.41. The summed E-state index contributed by atoms with van der Waals surface area (Å²) in [5.41, 5.74) is 2.83. The van der Waals surface area contributed by atoms with Crippen molar-refractivity contribution in [3.05, 3.63) is 39.1 Å². The van der Waals surface area contributed by atoms with Crippen molar-refractivity contribution in [3.8, 4) is 5.95 Å². The molecular weight excluding hydrogens is 330 g/mol. The van der Waals surface area contributed by atoms with Crippen LogP contribution in [0.1, 0.15) is 56.3 Å². The van der Waals surface area contributed by atoms with Crippen LogP contribution >= 0.6 is 0 Å². The van der Waals surface area contributed by atoms with Gasteiger partial charge in [0.25, 0.3) is 5.56 Å². The summed E-state index contributed by atoms with van der Waals surface area (Å²) in [7, 11) is 0. The van der Waals surface area contributed by atoms with E-state index < -0.39 is 0 Å². The van der Waals surface area contributed by atoms with Crippen molar-refractivity contribution in [3.63, 3.8) is 0 Å². The second-order valence-corrected chi connectivity index (χ2v) is 8.07. The van der Waals surface area contributed by atoms with E-state index in [1.807, 2.05) is 40.7 Å². The second kappa shape index (κ2) is 6.70. The average molecular weight is 357 g/mol. The number of rotatable bonds is 3. The van der Waals surface area contributed by atoms with E-state index in [4.69, 9.17) is 4.98 Å². The van der Waals surface area contributed by atoms with Gasteiger partial charge in [0.15, 0.2) is 0 Å². The van der Waals surface area contributed by atoms with Crippen LogP contribution in [0.4, 0.5) is 0 Å². The van der Waals surface area contributed by atoms with Crippen LogP contribution in [0, 0.1) is 13.8 Å². The molecule has 0 saturated carbocycles. The molecule has 140 valence electrons. The molecule has 0 atom stereocenters. The first-order valence-electron chi connectivity index (χ1n) is 9.13. The highest BCUT2D eigenvalue weighted by Crippen LogP contribution is 2.19. The lowest BCUT2D eigenvalue weighted by Gasteiger charge is -2.23. The summed E-state index contributed by atoms with van der Waals surface area (Å²) in [5.74, 6) is 0.213. The molecular formula is C19H27N5O2. The number of hydrogen-bond donors (Lipinski definition) is 1. The normalized spacial score (nSPS) is 14.2. The predicted octanol–water partition coefficient (Wildman–Crippen LogP) is 1.84. The molecule has 2 heterocycles. The number of carbonyl (C=O) groups is 1. The summed E-state index contributed by atoms with van der Waals surface area (Å²) < 4.78 is 3.13. The van der Waals surface area contributed by atoms with Crippen molar-refractivity contribution in [1.29, 1.82) is 0 Å². The number of amides is 1. The van der Waals surface area contributed by atoms with Crippen LogP contribution in [0.5, 0.6) is 0 Å². The predicted molar refractivity (Wildman–Crippen MR) is 99.6 cm³/mol. The van der Waals surface area contributed by atoms with Crippen molar-refractivity contribution in [1.82, 2.24) is 24.6 Å². The molecule has 1 aliphatic rings. The van der Waals surface area contributed by atoms with Gasteiger partial charge in [-0.2, -0.15) is 5.10 Å². The highest BCUT2D eigenvalue weighted by atomic mass is 16.2. The largest absolute Gasteiger partial charge is 0.350 e. The van der Waals surface area contributed by atoms with Crippen molar-refractivity contribution >= 4 is 5.91 Å². The molecule has 1 aliphatic carbocycles. The third-order valence-corrected chi connectivity index (χ3v) is 4.43. The van der Waals surface area contributed by atoms with E-state index in [1.54, 1.807) is 4.68 Å². The Bertz CT molecular complexity index is 902. The summed E-state index contributed by atoms with van der Waals surface area (Å²) >= 11 is 0. The number of nitrogens with one attached hydrogen (secondary N) is 1. The van der Waals surface area contributed by atoms with Crippen molar-refractivity contribution < 1.29 is 4.79 Å². The number of aromatic nitrogens is 4. The highest BCUT2D eigenvalue weighted by molar-refractivity contribution is 5.76. The maximum atomic E-state index is 13.1. The van der Waals surface area contributed by atoms with Gasteiger partial charge in [0, 0.05) is 16.8 Å². The van der Waals surface area contributed by atoms with Gasteiger partial charge in [0.2, 0.25) is 11.9 Å². The van der Waals surface area contributed by atoms with Crippen LogP contribution in [0.3, 0.4) is 0 Å². The topological polar surface area (TPSA) is 81.8 Å². The van der Waals surface area contributed by atoms with E-state index in [2.05, 4.69) is 10.4 Å². The first-order valence-corrected chi connectivity index (χ1v) is 9.13. The molecule has 0 fully saturated rings. The Hall–Kier alpha value is -2.44. The van der Waals surface area contributed by atoms with Crippen LogP contribution < -0.4 is 10.9 Å². The van der Waals surface area contributed by atoms with E-state index in [0.717, 1.165) is 48.3 Å². The summed E-state index contributed by atoms with van der Waals surface area (Å²) in [6.07, 6.45) is 3.53. The summed E-state index contributed by atoms with van der Waals surface area (Å²) in [5, 5.41) is 7.39. The van der Waals surface area contributed by atoms with Crippen molar-refractivity contribution in [2.75, 3.05) is 0 Å². The fraction of sp³-hybridized carbons (Fsp3) is 0.579. The third kappa shape index (κ3) is 3.71. The van der Waals surface area contributed by atoms with E-state index in [9.17, 15) is 9.59 Å². The molecule has 0 radical (unpaired) electrons. The lowest BCUT2D eigenvalue weighted by Crippen LogP contribution is -2.44. The molecule has 2 aromatic rings. The van der Waals surface area contributed by atoms with E-state index in [1.165, 1.54) is 4.57 Å². The number of fused-ring (bicyclic) bond motifs is 1. The number of hydrogen-bond acceptors (Lipinski definition) is 4. The van der Waals surface area contributed by atoms with Crippen molar-refractivity contribution in [2.24, 2.45) is 0 Å². The standard InChI is InChI=1S/C19H27N5O2/c1-12-10-13(2)24(22-12)18-20-15-9-7-6-8-14(15)17(26)23(18)11-16(25)21-19(3,4)5/h10H,6-9,11H2,1-5H3,(H,21,25). The molecule has 0 aromatic carbocycles. The minimum absolute atomic E-state index is 0.0654. The molecule has 0 saturated heterocycles. The Kier molecular flexibility index (Phi) is 4.73. The zero-order valence-electron chi connectivity index (χ0n) is 16.2. The molecule has 26 heavy (non-hydrogen) atoms. The van der Waals surface area contributed by atoms with E-state index >= 15 is 0 Å². The molecule has 7 heteroatoms. The minimum atomic E-state index is -0.360. The zero-order valence-corrected chi connectivity index (χ0v) is 16.2. The van der Waals surface area contributed by atoms with Crippen molar-refractivity contribution in [2.45, 2.75) is 72.4 Å². The Morgan fingerprint density at radius 3 is 2.54 bits per heavy atom. The maximum Gasteiger partial charge on any atom is 0.258 e. The lowest BCUT2D eigenvalue weighted by molar-refractivity contribution is -0.123. The van der Waals surface area contributed by atoms with Crippen LogP contribution in [0.25, 0.3) is 5.95 Å². The smallest absolute Gasteiger partial charge is 0.258 e. The maximum absolute atomic E-state index is 13.1. The zero-order chi connectivity index (χ0) is 19.1. The van der Waals surface area contributed by atoms with Crippen LogP contribution in [-0.4, -0.2) is 30.8 Å². The Balaban J connectivity index is 2.12. The molecule has 0 aliphatic heterocycles. The summed E-state index contributed by atoms with van der Waals surface area (Å²) in [4.78, 5) is 30.4. The van der Waals surface area contributed by atoms with Crippen LogP contribution in [-0.2, 0) is 24.2 Å². The van der Waals surface area contributed by atoms with Gasteiger partial charge in [-0.05, 0) is 66.4 Å². The minimum Gasteiger partial charge on any atom is -0.350 e.